The highest BCUT2D eigenvalue weighted by molar-refractivity contribution is 5.80. The van der Waals surface area contributed by atoms with Crippen LogP contribution in [0.1, 0.15) is 17.5 Å². The number of aryl methyl sites for hydroxylation is 2. The molecular weight excluding hydrogens is 214 g/mol. The molecule has 0 atom stereocenters. The molecule has 0 unspecified atom stereocenters. The van der Waals surface area contributed by atoms with Gasteiger partial charge in [0, 0.05) is 38.5 Å². The normalized spacial score (nSPS) is 10.4. The summed E-state index contributed by atoms with van der Waals surface area (Å²) in [5.41, 5.74) is 2.13. The summed E-state index contributed by atoms with van der Waals surface area (Å²) in [7, 11) is 1.85. The van der Waals surface area contributed by atoms with Crippen LogP contribution in [0.4, 0.5) is 0 Å². The van der Waals surface area contributed by atoms with Gasteiger partial charge in [0.2, 0.25) is 0 Å². The van der Waals surface area contributed by atoms with E-state index in [1.807, 2.05) is 25.4 Å². The lowest BCUT2D eigenvalue weighted by atomic mass is 10.1. The minimum Gasteiger partial charge on any atom is -0.299 e. The van der Waals surface area contributed by atoms with E-state index in [2.05, 4.69) is 10.1 Å². The van der Waals surface area contributed by atoms with E-state index in [0.717, 1.165) is 17.5 Å². The van der Waals surface area contributed by atoms with Crippen molar-refractivity contribution in [2.45, 2.75) is 19.3 Å². The Balaban J connectivity index is 1.82. The summed E-state index contributed by atoms with van der Waals surface area (Å²) in [6.45, 7) is 0. The van der Waals surface area contributed by atoms with Crippen molar-refractivity contribution in [1.29, 1.82) is 0 Å². The topological polar surface area (TPSA) is 47.8 Å². The second-order valence-corrected chi connectivity index (χ2v) is 4.09. The lowest BCUT2D eigenvalue weighted by Gasteiger charge is -1.99. The van der Waals surface area contributed by atoms with Crippen LogP contribution in [0.3, 0.4) is 0 Å². The molecule has 0 aliphatic rings. The molecule has 0 saturated carbocycles. The van der Waals surface area contributed by atoms with Crippen molar-refractivity contribution >= 4 is 5.78 Å². The molecular formula is C13H15N3O. The second-order valence-electron chi connectivity index (χ2n) is 4.09. The molecule has 0 radical (unpaired) electrons. The van der Waals surface area contributed by atoms with Gasteiger partial charge in [0.15, 0.2) is 0 Å². The number of carbonyl (C=O) groups is 1. The molecule has 2 aromatic rings. The summed E-state index contributed by atoms with van der Waals surface area (Å²) < 4.78 is 1.71. The van der Waals surface area contributed by atoms with E-state index < -0.39 is 0 Å². The maximum absolute atomic E-state index is 11.7. The Hall–Kier alpha value is -1.97. The molecule has 0 aliphatic heterocycles. The average molecular weight is 229 g/mol. The first-order chi connectivity index (χ1) is 8.24. The van der Waals surface area contributed by atoms with Gasteiger partial charge in [0.05, 0.1) is 6.20 Å². The molecule has 0 spiro atoms. The SMILES string of the molecule is Cn1cc(CC(=O)CCc2ccncc2)cn1. The van der Waals surface area contributed by atoms with Crippen molar-refractivity contribution in [2.24, 2.45) is 7.05 Å². The summed E-state index contributed by atoms with van der Waals surface area (Å²) in [6.07, 6.45) is 8.94. The van der Waals surface area contributed by atoms with Crippen molar-refractivity contribution in [2.75, 3.05) is 0 Å². The van der Waals surface area contributed by atoms with Gasteiger partial charge in [0.25, 0.3) is 0 Å². The van der Waals surface area contributed by atoms with Gasteiger partial charge >= 0.3 is 0 Å². The molecule has 0 amide bonds. The van der Waals surface area contributed by atoms with Gasteiger partial charge in [-0.15, -0.1) is 0 Å². The number of pyridine rings is 1. The minimum absolute atomic E-state index is 0.245. The summed E-state index contributed by atoms with van der Waals surface area (Å²) in [5, 5.41) is 4.04. The highest BCUT2D eigenvalue weighted by atomic mass is 16.1. The molecule has 17 heavy (non-hydrogen) atoms. The van der Waals surface area contributed by atoms with E-state index in [-0.39, 0.29) is 5.78 Å². The van der Waals surface area contributed by atoms with Crippen LogP contribution >= 0.6 is 0 Å². The van der Waals surface area contributed by atoms with Crippen LogP contribution in [0.2, 0.25) is 0 Å². The molecule has 4 heteroatoms. The van der Waals surface area contributed by atoms with Crippen LogP contribution in [0.25, 0.3) is 0 Å². The van der Waals surface area contributed by atoms with Gasteiger partial charge in [-0.05, 0) is 29.7 Å². The summed E-state index contributed by atoms with van der Waals surface area (Å²) in [6, 6.07) is 3.88. The van der Waals surface area contributed by atoms with Crippen molar-refractivity contribution in [3.8, 4) is 0 Å². The molecule has 0 bridgehead atoms. The highest BCUT2D eigenvalue weighted by Gasteiger charge is 2.05. The van der Waals surface area contributed by atoms with Gasteiger partial charge in [-0.1, -0.05) is 0 Å². The second kappa shape index (κ2) is 5.39. The Morgan fingerprint density at radius 3 is 2.71 bits per heavy atom. The fraction of sp³-hybridized carbons (Fsp3) is 0.308. The highest BCUT2D eigenvalue weighted by Crippen LogP contribution is 2.05. The van der Waals surface area contributed by atoms with Gasteiger partial charge < -0.3 is 0 Å². The van der Waals surface area contributed by atoms with Crippen molar-refractivity contribution in [3.05, 3.63) is 48.0 Å². The Kier molecular flexibility index (Phi) is 3.65. The maximum Gasteiger partial charge on any atom is 0.137 e. The Morgan fingerprint density at radius 2 is 2.06 bits per heavy atom. The maximum atomic E-state index is 11.7. The van der Waals surface area contributed by atoms with Crippen LogP contribution < -0.4 is 0 Å². The first kappa shape index (κ1) is 11.5. The average Bonchev–Trinajstić information content (AvgIpc) is 2.73. The molecule has 0 N–H and O–H groups in total. The standard InChI is InChI=1S/C13H15N3O/c1-16-10-12(9-15-16)8-13(17)3-2-11-4-6-14-7-5-11/h4-7,9-10H,2-3,8H2,1H3. The molecule has 0 aliphatic carbocycles. The molecule has 0 saturated heterocycles. The number of ketones is 1. The van der Waals surface area contributed by atoms with Gasteiger partial charge in [0.1, 0.15) is 5.78 Å². The molecule has 2 aromatic heterocycles. The van der Waals surface area contributed by atoms with Crippen molar-refractivity contribution in [1.82, 2.24) is 14.8 Å². The Labute approximate surface area is 100 Å². The summed E-state index contributed by atoms with van der Waals surface area (Å²) in [5.74, 6) is 0.245. The summed E-state index contributed by atoms with van der Waals surface area (Å²) >= 11 is 0. The number of rotatable bonds is 5. The first-order valence-electron chi connectivity index (χ1n) is 5.62. The molecule has 0 aromatic carbocycles. The van der Waals surface area contributed by atoms with E-state index in [0.29, 0.717) is 12.8 Å². The molecule has 0 fully saturated rings. The molecule has 2 heterocycles. The monoisotopic (exact) mass is 229 g/mol. The van der Waals surface area contributed by atoms with Crippen LogP contribution in [0.15, 0.2) is 36.9 Å². The third-order valence-corrected chi connectivity index (χ3v) is 2.60. The van der Waals surface area contributed by atoms with Gasteiger partial charge in [-0.25, -0.2) is 0 Å². The largest absolute Gasteiger partial charge is 0.299 e. The van der Waals surface area contributed by atoms with E-state index in [9.17, 15) is 4.79 Å². The number of hydrogen-bond donors (Lipinski definition) is 0. The van der Waals surface area contributed by atoms with Crippen molar-refractivity contribution < 1.29 is 4.79 Å². The summed E-state index contributed by atoms with van der Waals surface area (Å²) in [4.78, 5) is 15.7. The lowest BCUT2D eigenvalue weighted by Crippen LogP contribution is -2.03. The Morgan fingerprint density at radius 1 is 1.29 bits per heavy atom. The van der Waals surface area contributed by atoms with Crippen LogP contribution in [0, 0.1) is 0 Å². The fourth-order valence-corrected chi connectivity index (χ4v) is 1.71. The minimum atomic E-state index is 0.245. The number of carbonyl (C=O) groups excluding carboxylic acids is 1. The van der Waals surface area contributed by atoms with Crippen LogP contribution in [0.5, 0.6) is 0 Å². The number of hydrogen-bond acceptors (Lipinski definition) is 3. The van der Waals surface area contributed by atoms with E-state index in [1.165, 1.54) is 0 Å². The quantitative estimate of drug-likeness (QED) is 0.781. The number of nitrogens with zero attached hydrogens (tertiary/aromatic N) is 3. The number of aromatic nitrogens is 3. The lowest BCUT2D eigenvalue weighted by molar-refractivity contribution is -0.118. The van der Waals surface area contributed by atoms with Gasteiger partial charge in [-0.2, -0.15) is 5.10 Å². The smallest absolute Gasteiger partial charge is 0.137 e. The molecule has 88 valence electrons. The Bertz CT molecular complexity index is 490. The zero-order valence-electron chi connectivity index (χ0n) is 9.84. The number of Topliss-reactive ketones (excluding diaryl/α,β-unsaturated/α-hetero) is 1. The third-order valence-electron chi connectivity index (χ3n) is 2.60. The molecule has 4 nitrogen and oxygen atoms in total. The van der Waals surface area contributed by atoms with Crippen LogP contribution in [-0.2, 0) is 24.7 Å². The zero-order valence-corrected chi connectivity index (χ0v) is 9.84. The van der Waals surface area contributed by atoms with E-state index in [4.69, 9.17) is 0 Å². The fourth-order valence-electron chi connectivity index (χ4n) is 1.71. The first-order valence-corrected chi connectivity index (χ1v) is 5.62. The van der Waals surface area contributed by atoms with Crippen LogP contribution in [-0.4, -0.2) is 20.5 Å². The van der Waals surface area contributed by atoms with Crippen molar-refractivity contribution in [3.63, 3.8) is 0 Å². The van der Waals surface area contributed by atoms with Gasteiger partial charge in [-0.3, -0.25) is 14.5 Å². The molecule has 2 rings (SSSR count). The zero-order chi connectivity index (χ0) is 12.1. The van der Waals surface area contributed by atoms with E-state index in [1.54, 1.807) is 23.3 Å². The predicted octanol–water partition coefficient (Wildman–Crippen LogP) is 1.56. The third kappa shape index (κ3) is 3.52. The van der Waals surface area contributed by atoms with E-state index >= 15 is 0 Å². The predicted molar refractivity (Wildman–Crippen MR) is 64.5 cm³/mol.